The molecular weight excluding hydrogens is 269 g/mol. The fourth-order valence-corrected chi connectivity index (χ4v) is 3.25. The summed E-state index contributed by atoms with van der Waals surface area (Å²) in [6.07, 6.45) is -0.701. The van der Waals surface area contributed by atoms with Gasteiger partial charge in [0.1, 0.15) is 0 Å². The number of alkyl halides is 3. The molecule has 0 aromatic rings. The molecule has 0 radical (unpaired) electrons. The van der Waals surface area contributed by atoms with Crippen LogP contribution in [0.5, 0.6) is 0 Å². The maximum atomic E-state index is 13.0. The molecule has 1 amide bonds. The Labute approximate surface area is 117 Å². The topological polar surface area (TPSA) is 55.1 Å². The van der Waals surface area contributed by atoms with E-state index >= 15 is 0 Å². The molecule has 116 valence electrons. The smallest absolute Gasteiger partial charge is 0.349 e. The summed E-state index contributed by atoms with van der Waals surface area (Å²) in [4.78, 5) is 12.3. The van der Waals surface area contributed by atoms with Gasteiger partial charge in [-0.2, -0.15) is 13.2 Å². The summed E-state index contributed by atoms with van der Waals surface area (Å²) in [5.41, 5.74) is 5.16. The van der Waals surface area contributed by atoms with Crippen molar-refractivity contribution in [3.8, 4) is 0 Å². The summed E-state index contributed by atoms with van der Waals surface area (Å²) in [6, 6.07) is 0. The van der Waals surface area contributed by atoms with Crippen LogP contribution < -0.4 is 11.1 Å². The monoisotopic (exact) mass is 292 g/mol. The second-order valence-corrected chi connectivity index (χ2v) is 6.42. The molecule has 0 saturated heterocycles. The van der Waals surface area contributed by atoms with Crippen molar-refractivity contribution in [2.24, 2.45) is 23.5 Å². The molecule has 3 nitrogen and oxygen atoms in total. The minimum Gasteiger partial charge on any atom is -0.349 e. The number of carbonyl (C=O) groups excluding carboxylic acids is 1. The molecule has 0 heterocycles. The van der Waals surface area contributed by atoms with Crippen LogP contribution in [0.15, 0.2) is 0 Å². The second-order valence-electron chi connectivity index (χ2n) is 6.42. The first-order chi connectivity index (χ1) is 9.28. The third kappa shape index (κ3) is 3.27. The van der Waals surface area contributed by atoms with Crippen molar-refractivity contribution in [2.45, 2.75) is 57.2 Å². The van der Waals surface area contributed by atoms with Gasteiger partial charge in [0.15, 0.2) is 0 Å². The van der Waals surface area contributed by atoms with Crippen molar-refractivity contribution in [2.75, 3.05) is 6.54 Å². The lowest BCUT2D eigenvalue weighted by atomic mass is 9.77. The van der Waals surface area contributed by atoms with E-state index in [1.54, 1.807) is 0 Å². The Balaban J connectivity index is 2.06. The van der Waals surface area contributed by atoms with Gasteiger partial charge < -0.3 is 11.1 Å². The molecule has 0 spiro atoms. The SMILES string of the molecule is CC(CN)(NC(=O)C1CCCCC1C(F)(F)F)C1CC1. The molecule has 2 fully saturated rings. The molecular formula is C14H23F3N2O. The van der Waals surface area contributed by atoms with Crippen LogP contribution in [0.1, 0.15) is 45.4 Å². The number of hydrogen-bond donors (Lipinski definition) is 2. The average molecular weight is 292 g/mol. The lowest BCUT2D eigenvalue weighted by Gasteiger charge is -2.36. The molecule has 2 aliphatic carbocycles. The number of nitrogens with one attached hydrogen (secondary N) is 1. The lowest BCUT2D eigenvalue weighted by molar-refractivity contribution is -0.198. The summed E-state index contributed by atoms with van der Waals surface area (Å²) in [5.74, 6) is -2.61. The van der Waals surface area contributed by atoms with Gasteiger partial charge in [0.05, 0.1) is 11.5 Å². The van der Waals surface area contributed by atoms with E-state index in [1.807, 2.05) is 6.92 Å². The number of hydrogen-bond acceptors (Lipinski definition) is 2. The molecule has 0 aromatic heterocycles. The minimum absolute atomic E-state index is 0.0599. The van der Waals surface area contributed by atoms with Crippen LogP contribution in [-0.4, -0.2) is 24.2 Å². The van der Waals surface area contributed by atoms with Crippen molar-refractivity contribution in [1.29, 1.82) is 0 Å². The maximum absolute atomic E-state index is 13.0. The van der Waals surface area contributed by atoms with Crippen LogP contribution in [0.3, 0.4) is 0 Å². The van der Waals surface area contributed by atoms with E-state index in [9.17, 15) is 18.0 Å². The zero-order valence-corrected chi connectivity index (χ0v) is 11.8. The Kier molecular flexibility index (Phi) is 4.33. The van der Waals surface area contributed by atoms with Crippen LogP contribution in [0.25, 0.3) is 0 Å². The molecule has 2 rings (SSSR count). The van der Waals surface area contributed by atoms with Gasteiger partial charge in [0, 0.05) is 12.5 Å². The van der Waals surface area contributed by atoms with E-state index < -0.39 is 29.5 Å². The molecule has 0 aliphatic heterocycles. The van der Waals surface area contributed by atoms with Gasteiger partial charge in [0.25, 0.3) is 0 Å². The van der Waals surface area contributed by atoms with Crippen molar-refractivity contribution in [3.63, 3.8) is 0 Å². The summed E-state index contributed by atoms with van der Waals surface area (Å²) in [5, 5.41) is 2.81. The van der Waals surface area contributed by atoms with Gasteiger partial charge in [-0.15, -0.1) is 0 Å². The Hall–Kier alpha value is -0.780. The maximum Gasteiger partial charge on any atom is 0.392 e. The first kappa shape index (κ1) is 15.6. The van der Waals surface area contributed by atoms with Gasteiger partial charge in [-0.1, -0.05) is 12.8 Å². The lowest BCUT2D eigenvalue weighted by Crippen LogP contribution is -2.56. The highest BCUT2D eigenvalue weighted by atomic mass is 19.4. The van der Waals surface area contributed by atoms with Crippen molar-refractivity contribution in [3.05, 3.63) is 0 Å². The fourth-order valence-electron chi connectivity index (χ4n) is 3.25. The largest absolute Gasteiger partial charge is 0.392 e. The first-order valence-electron chi connectivity index (χ1n) is 7.37. The van der Waals surface area contributed by atoms with Gasteiger partial charge in [-0.05, 0) is 38.5 Å². The van der Waals surface area contributed by atoms with Crippen molar-refractivity contribution >= 4 is 5.91 Å². The summed E-state index contributed by atoms with van der Waals surface area (Å²) < 4.78 is 39.1. The molecule has 2 saturated carbocycles. The molecule has 3 N–H and O–H groups in total. The predicted octanol–water partition coefficient (Wildman–Crippen LogP) is 2.60. The second kappa shape index (κ2) is 5.54. The Bertz CT molecular complexity index is 368. The number of carbonyl (C=O) groups is 1. The predicted molar refractivity (Wildman–Crippen MR) is 69.8 cm³/mol. The van der Waals surface area contributed by atoms with Crippen LogP contribution >= 0.6 is 0 Å². The van der Waals surface area contributed by atoms with Crippen molar-refractivity contribution < 1.29 is 18.0 Å². The highest BCUT2D eigenvalue weighted by Crippen LogP contribution is 2.43. The summed E-state index contributed by atoms with van der Waals surface area (Å²) in [7, 11) is 0. The van der Waals surface area contributed by atoms with Crippen molar-refractivity contribution in [1.82, 2.24) is 5.32 Å². The van der Waals surface area contributed by atoms with Crippen LogP contribution in [0.4, 0.5) is 13.2 Å². The van der Waals surface area contributed by atoms with E-state index in [2.05, 4.69) is 5.32 Å². The van der Waals surface area contributed by atoms with Gasteiger partial charge in [-0.25, -0.2) is 0 Å². The van der Waals surface area contributed by atoms with Crippen LogP contribution in [0.2, 0.25) is 0 Å². The van der Waals surface area contributed by atoms with E-state index in [1.165, 1.54) is 0 Å². The Morgan fingerprint density at radius 1 is 1.20 bits per heavy atom. The number of nitrogens with two attached hydrogens (primary N) is 1. The molecule has 0 aromatic carbocycles. The first-order valence-corrected chi connectivity index (χ1v) is 7.37. The summed E-state index contributed by atoms with van der Waals surface area (Å²) >= 11 is 0. The molecule has 6 heteroatoms. The molecule has 0 bridgehead atoms. The standard InChI is InChI=1S/C14H23F3N2O/c1-13(8-18,9-6-7-9)19-12(20)10-4-2-3-5-11(10)14(15,16)17/h9-11H,2-8,18H2,1H3,(H,19,20). The van der Waals surface area contributed by atoms with Gasteiger partial charge >= 0.3 is 6.18 Å². The quantitative estimate of drug-likeness (QED) is 0.837. The molecule has 2 aliphatic rings. The average Bonchev–Trinajstić information content (AvgIpc) is 3.22. The van der Waals surface area contributed by atoms with E-state index in [4.69, 9.17) is 5.73 Å². The van der Waals surface area contributed by atoms with E-state index in [-0.39, 0.29) is 13.0 Å². The number of rotatable bonds is 4. The van der Waals surface area contributed by atoms with E-state index in [0.717, 1.165) is 12.8 Å². The highest BCUT2D eigenvalue weighted by molar-refractivity contribution is 5.80. The van der Waals surface area contributed by atoms with Gasteiger partial charge in [0.2, 0.25) is 5.91 Å². The van der Waals surface area contributed by atoms with Gasteiger partial charge in [-0.3, -0.25) is 4.79 Å². The molecule has 3 atom stereocenters. The Morgan fingerprint density at radius 2 is 1.80 bits per heavy atom. The van der Waals surface area contributed by atoms with Crippen LogP contribution in [-0.2, 0) is 4.79 Å². The minimum atomic E-state index is -4.29. The highest BCUT2D eigenvalue weighted by Gasteiger charge is 2.50. The molecule has 20 heavy (non-hydrogen) atoms. The number of amides is 1. The molecule has 3 unspecified atom stereocenters. The Morgan fingerprint density at radius 3 is 2.30 bits per heavy atom. The zero-order valence-electron chi connectivity index (χ0n) is 11.8. The summed E-state index contributed by atoms with van der Waals surface area (Å²) in [6.45, 7) is 2.11. The fraction of sp³-hybridized carbons (Fsp3) is 0.929. The third-order valence-corrected chi connectivity index (χ3v) is 4.83. The number of halogens is 3. The van der Waals surface area contributed by atoms with E-state index in [0.29, 0.717) is 25.2 Å². The van der Waals surface area contributed by atoms with Crippen LogP contribution in [0, 0.1) is 17.8 Å². The zero-order chi connectivity index (χ0) is 15.0. The normalized spacial score (nSPS) is 30.6. The third-order valence-electron chi connectivity index (χ3n) is 4.83.